The first kappa shape index (κ1) is 22.9. The number of hydrogen-bond acceptors (Lipinski definition) is 6. The van der Waals surface area contributed by atoms with Crippen molar-refractivity contribution in [2.75, 3.05) is 40.0 Å². The molecule has 0 unspecified atom stereocenters. The average Bonchev–Trinajstić information content (AvgIpc) is 2.40. The molecule has 10 heteroatoms. The van der Waals surface area contributed by atoms with E-state index in [2.05, 4.69) is 0 Å². The molecule has 1 aromatic rings. The van der Waals surface area contributed by atoms with E-state index in [9.17, 15) is 12.3 Å². The molecule has 0 N–H and O–H groups in total. The van der Waals surface area contributed by atoms with Gasteiger partial charge < -0.3 is 9.04 Å². The summed E-state index contributed by atoms with van der Waals surface area (Å²) in [6.45, 7) is 0.815. The largest absolute Gasteiger partial charge is 0.722 e. The van der Waals surface area contributed by atoms with Gasteiger partial charge in [0.1, 0.15) is 5.75 Å². The smallest absolute Gasteiger partial charge is 0.272 e. The molecule has 0 aliphatic rings. The number of hydrogen-bond donors (Lipinski definition) is 0. The van der Waals surface area contributed by atoms with Gasteiger partial charge in [0, 0.05) is 0 Å². The van der Waals surface area contributed by atoms with Crippen LogP contribution in [0.25, 0.3) is 0 Å². The van der Waals surface area contributed by atoms with E-state index in [0.29, 0.717) is 17.4 Å². The minimum atomic E-state index is -5.42. The van der Waals surface area contributed by atoms with E-state index in [4.69, 9.17) is 17.2 Å². The quantitative estimate of drug-likeness (QED) is 0.218. The van der Waals surface area contributed by atoms with E-state index in [1.165, 1.54) is 5.56 Å². The maximum absolute atomic E-state index is 11.7. The lowest BCUT2D eigenvalue weighted by atomic mass is 10.1. The lowest BCUT2D eigenvalue weighted by molar-refractivity contribution is -0.867. The van der Waals surface area contributed by atoms with Gasteiger partial charge in [-0.2, -0.15) is 8.42 Å². The van der Waals surface area contributed by atoms with Gasteiger partial charge in [-0.1, -0.05) is 30.3 Å². The Balaban J connectivity index is 0.000000922. The van der Waals surface area contributed by atoms with Crippen molar-refractivity contribution in [2.24, 2.45) is 0 Å². The molecule has 0 atom stereocenters. The van der Waals surface area contributed by atoms with Crippen LogP contribution in [0, 0.1) is 0 Å². The van der Waals surface area contributed by atoms with Gasteiger partial charge in [0.2, 0.25) is 0 Å². The number of rotatable bonds is 8. The van der Waals surface area contributed by atoms with Crippen LogP contribution in [0.2, 0.25) is 0 Å². The van der Waals surface area contributed by atoms with Gasteiger partial charge in [-0.25, -0.2) is 8.42 Å². The fourth-order valence-corrected chi connectivity index (χ4v) is 2.81. The molecule has 0 fully saturated rings. The molecular weight excluding hydrogens is 361 g/mol. The Morgan fingerprint density at radius 2 is 1.58 bits per heavy atom. The van der Waals surface area contributed by atoms with Crippen molar-refractivity contribution in [3.63, 3.8) is 0 Å². The molecule has 0 aliphatic carbocycles. The Morgan fingerprint density at radius 1 is 1.08 bits per heavy atom. The second kappa shape index (κ2) is 10.0. The van der Waals surface area contributed by atoms with Gasteiger partial charge in [-0.15, -0.1) is 3.89 Å². The Labute approximate surface area is 143 Å². The van der Waals surface area contributed by atoms with E-state index in [1.54, 1.807) is 0 Å². The Bertz CT molecular complexity index is 661. The van der Waals surface area contributed by atoms with Crippen molar-refractivity contribution in [2.45, 2.75) is 12.8 Å². The summed E-state index contributed by atoms with van der Waals surface area (Å²) < 4.78 is 64.3. The minimum Gasteiger partial charge on any atom is -0.722 e. The Morgan fingerprint density at radius 3 is 2.04 bits per heavy atom. The lowest BCUT2D eigenvalue weighted by Gasteiger charge is -2.23. The maximum Gasteiger partial charge on any atom is 0.272 e. The summed E-state index contributed by atoms with van der Waals surface area (Å²) in [7, 11) is -2.91. The van der Waals surface area contributed by atoms with E-state index in [0.717, 1.165) is 6.42 Å². The third-order valence-electron chi connectivity index (χ3n) is 2.73. The molecule has 0 amide bonds. The van der Waals surface area contributed by atoms with Gasteiger partial charge in [-0.05, 0) is 18.4 Å². The first-order chi connectivity index (χ1) is 10.8. The first-order valence-corrected chi connectivity index (χ1v) is 10.0. The van der Waals surface area contributed by atoms with Crippen LogP contribution in [-0.4, -0.2) is 65.9 Å². The predicted molar refractivity (Wildman–Crippen MR) is 88.2 cm³/mol. The van der Waals surface area contributed by atoms with Crippen molar-refractivity contribution in [3.05, 3.63) is 35.9 Å². The van der Waals surface area contributed by atoms with Crippen LogP contribution in [0.5, 0.6) is 0 Å². The van der Waals surface area contributed by atoms with Crippen molar-refractivity contribution >= 4 is 20.6 Å². The molecular formula is C14H24FNO6S2. The van der Waals surface area contributed by atoms with Gasteiger partial charge in [0.25, 0.3) is 20.6 Å². The maximum atomic E-state index is 11.7. The molecule has 24 heavy (non-hydrogen) atoms. The number of aryl methyl sites for hydroxylation is 1. The third kappa shape index (κ3) is 17.3. The summed E-state index contributed by atoms with van der Waals surface area (Å²) in [6, 6.07) is 9.99. The predicted octanol–water partition coefficient (Wildman–Crippen LogP) is 1.09. The summed E-state index contributed by atoms with van der Waals surface area (Å²) >= 11 is 0. The monoisotopic (exact) mass is 385 g/mol. The summed E-state index contributed by atoms with van der Waals surface area (Å²) in [5, 5.41) is 0. The number of halogens is 1. The van der Waals surface area contributed by atoms with Crippen LogP contribution >= 0.6 is 0 Å². The highest BCUT2D eigenvalue weighted by atomic mass is 32.3. The van der Waals surface area contributed by atoms with Crippen molar-refractivity contribution in [3.8, 4) is 0 Å². The summed E-state index contributed by atoms with van der Waals surface area (Å²) in [5.74, 6) is 0.0713. The minimum absolute atomic E-state index is 0.0713. The number of benzene rings is 1. The highest BCUT2D eigenvalue weighted by Crippen LogP contribution is 2.04. The van der Waals surface area contributed by atoms with Crippen LogP contribution in [0.3, 0.4) is 0 Å². The molecule has 0 saturated carbocycles. The molecule has 0 heterocycles. The van der Waals surface area contributed by atoms with Crippen LogP contribution in [0.15, 0.2) is 30.3 Å². The molecule has 7 nitrogen and oxygen atoms in total. The molecule has 1 rings (SSSR count). The normalized spacial score (nSPS) is 12.4. The Kier molecular flexibility index (Phi) is 9.59. The number of nitrogens with zero attached hydrogens (tertiary/aromatic N) is 1. The fraction of sp³-hybridized carbons (Fsp3) is 0.571. The van der Waals surface area contributed by atoms with Crippen molar-refractivity contribution < 1.29 is 33.9 Å². The van der Waals surface area contributed by atoms with E-state index in [1.807, 2.05) is 51.5 Å². The zero-order chi connectivity index (χ0) is 18.9. The summed E-state index contributed by atoms with van der Waals surface area (Å²) in [4.78, 5) is 0. The van der Waals surface area contributed by atoms with Crippen molar-refractivity contribution in [1.82, 2.24) is 0 Å². The average molecular weight is 385 g/mol. The van der Waals surface area contributed by atoms with E-state index in [-0.39, 0.29) is 12.4 Å². The zero-order valence-electron chi connectivity index (χ0n) is 14.0. The fourth-order valence-electron chi connectivity index (χ4n) is 1.55. The SMILES string of the molecule is C[N+](C)(C)CCS(=O)(=O)OCCCc1ccccc1.O=S(=O)([O-])F. The van der Waals surface area contributed by atoms with Crippen molar-refractivity contribution in [1.29, 1.82) is 0 Å². The van der Waals surface area contributed by atoms with Gasteiger partial charge in [-0.3, -0.25) is 4.18 Å². The second-order valence-corrected chi connectivity index (χ2v) is 8.63. The van der Waals surface area contributed by atoms with Gasteiger partial charge >= 0.3 is 0 Å². The van der Waals surface area contributed by atoms with E-state index >= 15 is 0 Å². The van der Waals surface area contributed by atoms with Crippen LogP contribution in [0.1, 0.15) is 12.0 Å². The molecule has 0 bridgehead atoms. The second-order valence-electron chi connectivity index (χ2n) is 6.08. The highest BCUT2D eigenvalue weighted by Gasteiger charge is 2.17. The van der Waals surface area contributed by atoms with Gasteiger partial charge in [0.15, 0.2) is 0 Å². The number of quaternary nitrogens is 1. The summed E-state index contributed by atoms with van der Waals surface area (Å²) in [5.41, 5.74) is 1.20. The van der Waals surface area contributed by atoms with Crippen LogP contribution in [0.4, 0.5) is 3.89 Å². The molecule has 0 saturated heterocycles. The van der Waals surface area contributed by atoms with E-state index < -0.39 is 20.6 Å². The van der Waals surface area contributed by atoms with Crippen LogP contribution < -0.4 is 0 Å². The summed E-state index contributed by atoms with van der Waals surface area (Å²) in [6.07, 6.45) is 1.55. The topological polar surface area (TPSA) is 101 Å². The lowest BCUT2D eigenvalue weighted by Crippen LogP contribution is -2.39. The third-order valence-corrected chi connectivity index (χ3v) is 3.94. The Hall–Kier alpha value is -1.07. The van der Waals surface area contributed by atoms with Gasteiger partial charge in [0.05, 0.1) is 34.3 Å². The molecule has 0 aliphatic heterocycles. The van der Waals surface area contributed by atoms with Crippen LogP contribution in [-0.2, 0) is 31.2 Å². The highest BCUT2D eigenvalue weighted by molar-refractivity contribution is 7.86. The first-order valence-electron chi connectivity index (χ1n) is 7.15. The molecule has 0 spiro atoms. The standard InChI is InChI=1S/C14H24NO3S.FHO3S/c1-15(2,3)11-13-19(16,17)18-12-7-10-14-8-5-4-6-9-14;1-5(2,3)4/h4-6,8-9H,7,10-13H2,1-3H3;(H,2,3,4)/q+1;/p-1. The molecule has 0 aromatic heterocycles. The zero-order valence-corrected chi connectivity index (χ0v) is 15.6. The molecule has 140 valence electrons. The molecule has 1 aromatic carbocycles. The molecule has 0 radical (unpaired) electrons.